The number of rotatable bonds is 3. The number of hydrogen-bond acceptors (Lipinski definition) is 1. The van der Waals surface area contributed by atoms with E-state index in [0.29, 0.717) is 0 Å². The van der Waals surface area contributed by atoms with Crippen LogP contribution in [0.5, 0.6) is 0 Å². The number of halogens is 2. The number of carbonyl (C=O) groups excluding carboxylic acids is 1. The van der Waals surface area contributed by atoms with Gasteiger partial charge < -0.3 is 22.7 Å². The maximum absolute atomic E-state index is 11.7. The van der Waals surface area contributed by atoms with Gasteiger partial charge in [-0.15, -0.1) is 0 Å². The summed E-state index contributed by atoms with van der Waals surface area (Å²) < 4.78 is 1.51. The van der Waals surface area contributed by atoms with Gasteiger partial charge in [0.15, 0.2) is 16.6 Å². The van der Waals surface area contributed by atoms with Gasteiger partial charge in [0.25, 0.3) is 0 Å². The third-order valence-electron chi connectivity index (χ3n) is 4.51. The zero-order valence-electron chi connectivity index (χ0n) is 13.0. The average Bonchev–Trinajstić information content (AvgIpc) is 2.53. The Morgan fingerprint density at radius 3 is 2.70 bits per heavy atom. The maximum atomic E-state index is 11.7. The van der Waals surface area contributed by atoms with Crippen molar-refractivity contribution < 1.29 is 26.4 Å². The number of nitrogens with zero attached hydrogens (tertiary/aromatic N) is 1. The minimum absolute atomic E-state index is 0. The molecule has 0 aliphatic carbocycles. The summed E-state index contributed by atoms with van der Waals surface area (Å²) in [4.78, 5) is 11.7. The smallest absolute Gasteiger partial charge is 0.244 e. The summed E-state index contributed by atoms with van der Waals surface area (Å²) in [6.45, 7) is 3.11. The van der Waals surface area contributed by atoms with E-state index in [1.54, 1.807) is 0 Å². The second-order valence-electron chi connectivity index (χ2n) is 5.94. The molecule has 0 fully saturated rings. The fraction of sp³-hybridized carbons (Fsp3) is 0.333. The van der Waals surface area contributed by atoms with Crippen LogP contribution >= 0.6 is 15.9 Å². The second-order valence-corrected chi connectivity index (χ2v) is 7.36. The van der Waals surface area contributed by atoms with E-state index in [1.165, 1.54) is 16.3 Å². The highest BCUT2D eigenvalue weighted by Gasteiger charge is 2.40. The molecule has 23 heavy (non-hydrogen) atoms. The quantitative estimate of drug-likeness (QED) is 0.546. The van der Waals surface area contributed by atoms with Crippen molar-refractivity contribution in [2.45, 2.75) is 30.1 Å². The minimum atomic E-state index is -0.718. The van der Waals surface area contributed by atoms with Gasteiger partial charge in [0.2, 0.25) is 5.91 Å². The molecule has 1 unspecified atom stereocenters. The molecule has 122 valence electrons. The van der Waals surface area contributed by atoms with Gasteiger partial charge in [-0.25, -0.2) is 4.58 Å². The van der Waals surface area contributed by atoms with E-state index < -0.39 is 4.32 Å². The van der Waals surface area contributed by atoms with Crippen LogP contribution in [0.3, 0.4) is 0 Å². The molecule has 0 bridgehead atoms. The number of hydrogen-bond donors (Lipinski definition) is 1. The molecule has 1 aliphatic rings. The molecule has 3 rings (SSSR count). The summed E-state index contributed by atoms with van der Waals surface area (Å²) in [5.74, 6) is -0.317. The van der Waals surface area contributed by atoms with E-state index in [4.69, 9.17) is 5.73 Å². The molecule has 3 nitrogen and oxygen atoms in total. The van der Waals surface area contributed by atoms with Crippen LogP contribution in [0.25, 0.3) is 10.8 Å². The largest absolute Gasteiger partial charge is 1.00 e. The van der Waals surface area contributed by atoms with Crippen molar-refractivity contribution in [2.75, 3.05) is 6.54 Å². The molecule has 2 aromatic carbocycles. The summed E-state index contributed by atoms with van der Waals surface area (Å²) in [7, 11) is 0. The van der Waals surface area contributed by atoms with Crippen molar-refractivity contribution in [1.29, 1.82) is 0 Å². The summed E-state index contributed by atoms with van der Waals surface area (Å²) in [5, 5.41) is 2.50. The van der Waals surface area contributed by atoms with Crippen molar-refractivity contribution in [2.24, 2.45) is 5.73 Å². The number of alkyl halides is 1. The number of primary amides is 1. The zero-order chi connectivity index (χ0) is 15.7. The molecule has 1 amide bonds. The lowest BCUT2D eigenvalue weighted by molar-refractivity contribution is -0.569. The van der Waals surface area contributed by atoms with E-state index in [-0.39, 0.29) is 28.9 Å². The SMILES string of the molecule is C[C@@H](c1cccc2ccccc12)[N+]1=CC(Br)(C(N)=O)CCC1.[Br-]. The standard InChI is InChI=1S/C18H19BrN2O.BrH/c1-13(21-11-5-10-18(19,12-21)17(20)22)15-9-4-7-14-6-2-3-8-16(14)15;/h2-4,6-9,12-13H,5,10-11H2,1H3,(H-,20,22);1H/t13-,18?;/m0./s1. The van der Waals surface area contributed by atoms with Crippen molar-refractivity contribution >= 4 is 38.8 Å². The van der Waals surface area contributed by atoms with Crippen LogP contribution in [-0.4, -0.2) is 27.6 Å². The van der Waals surface area contributed by atoms with E-state index in [0.717, 1.165) is 19.4 Å². The summed E-state index contributed by atoms with van der Waals surface area (Å²) in [6, 6.07) is 15.0. The van der Waals surface area contributed by atoms with E-state index in [2.05, 4.69) is 69.9 Å². The molecule has 0 radical (unpaired) electrons. The van der Waals surface area contributed by atoms with E-state index >= 15 is 0 Å². The van der Waals surface area contributed by atoms with Gasteiger partial charge >= 0.3 is 0 Å². The van der Waals surface area contributed by atoms with Crippen LogP contribution in [0.4, 0.5) is 0 Å². The summed E-state index contributed by atoms with van der Waals surface area (Å²) in [6.07, 6.45) is 3.66. The average molecular weight is 440 g/mol. The highest BCUT2D eigenvalue weighted by molar-refractivity contribution is 9.10. The van der Waals surface area contributed by atoms with Crippen LogP contribution in [0.1, 0.15) is 31.4 Å². The van der Waals surface area contributed by atoms with Crippen molar-refractivity contribution in [3.63, 3.8) is 0 Å². The Labute approximate surface area is 155 Å². The normalized spacial score (nSPS) is 22.1. The molecule has 1 heterocycles. The van der Waals surface area contributed by atoms with Crippen molar-refractivity contribution in [1.82, 2.24) is 0 Å². The first-order valence-electron chi connectivity index (χ1n) is 7.59. The minimum Gasteiger partial charge on any atom is -1.00 e. The van der Waals surface area contributed by atoms with Gasteiger partial charge in [0.1, 0.15) is 6.54 Å². The first-order valence-corrected chi connectivity index (χ1v) is 8.39. The molecule has 0 spiro atoms. The van der Waals surface area contributed by atoms with Crippen LogP contribution in [0.2, 0.25) is 0 Å². The highest BCUT2D eigenvalue weighted by atomic mass is 79.9. The first-order chi connectivity index (χ1) is 10.5. The van der Waals surface area contributed by atoms with Gasteiger partial charge in [-0.1, -0.05) is 58.4 Å². The van der Waals surface area contributed by atoms with Gasteiger partial charge in [0, 0.05) is 18.9 Å². The van der Waals surface area contributed by atoms with Crippen molar-refractivity contribution in [3.8, 4) is 0 Å². The van der Waals surface area contributed by atoms with Crippen LogP contribution in [0.15, 0.2) is 42.5 Å². The lowest BCUT2D eigenvalue weighted by atomic mass is 9.96. The molecule has 5 heteroatoms. The molecule has 2 atom stereocenters. The fourth-order valence-electron chi connectivity index (χ4n) is 3.20. The zero-order valence-corrected chi connectivity index (χ0v) is 16.2. The Hall–Kier alpha value is -1.20. The van der Waals surface area contributed by atoms with Crippen LogP contribution in [0, 0.1) is 0 Å². The van der Waals surface area contributed by atoms with Gasteiger partial charge in [-0.2, -0.15) is 0 Å². The number of benzene rings is 2. The number of carbonyl (C=O) groups is 1. The topological polar surface area (TPSA) is 46.1 Å². The monoisotopic (exact) mass is 438 g/mol. The predicted octanol–water partition coefficient (Wildman–Crippen LogP) is 0.401. The van der Waals surface area contributed by atoms with Gasteiger partial charge in [-0.3, -0.25) is 4.79 Å². The van der Waals surface area contributed by atoms with Crippen LogP contribution in [-0.2, 0) is 4.79 Å². The van der Waals surface area contributed by atoms with E-state index in [9.17, 15) is 4.79 Å². The predicted molar refractivity (Wildman–Crippen MR) is 93.6 cm³/mol. The number of fused-ring (bicyclic) bond motifs is 1. The Kier molecular flexibility index (Phi) is 5.63. The lowest BCUT2D eigenvalue weighted by Gasteiger charge is -2.25. The Morgan fingerprint density at radius 2 is 1.96 bits per heavy atom. The molecule has 0 saturated heterocycles. The Bertz CT molecular complexity index is 754. The maximum Gasteiger partial charge on any atom is 0.244 e. The third kappa shape index (κ3) is 3.50. The van der Waals surface area contributed by atoms with E-state index in [1.807, 2.05) is 6.21 Å². The lowest BCUT2D eigenvalue weighted by Crippen LogP contribution is -3.00. The molecular weight excluding hydrogens is 420 g/mol. The molecule has 1 aliphatic heterocycles. The van der Waals surface area contributed by atoms with Crippen LogP contribution < -0.4 is 22.7 Å². The fourth-order valence-corrected chi connectivity index (χ4v) is 3.74. The molecule has 0 saturated carbocycles. The van der Waals surface area contributed by atoms with Crippen molar-refractivity contribution in [3.05, 3.63) is 48.0 Å². The summed E-state index contributed by atoms with van der Waals surface area (Å²) in [5.41, 5.74) is 6.82. The third-order valence-corrected chi connectivity index (χ3v) is 5.50. The Morgan fingerprint density at radius 1 is 1.26 bits per heavy atom. The second kappa shape index (κ2) is 7.14. The number of amides is 1. The first kappa shape index (κ1) is 18.1. The highest BCUT2D eigenvalue weighted by Crippen LogP contribution is 2.31. The molecular formula is C18H20Br2N2O. The summed E-state index contributed by atoms with van der Waals surface area (Å²) >= 11 is 3.52. The molecule has 0 aromatic heterocycles. The van der Waals surface area contributed by atoms with Gasteiger partial charge in [0.05, 0.1) is 0 Å². The molecule has 2 aromatic rings. The Balaban J connectivity index is 0.00000192. The molecule has 2 N–H and O–H groups in total. The van der Waals surface area contributed by atoms with Gasteiger partial charge in [-0.05, 0) is 17.2 Å². The number of nitrogens with two attached hydrogens (primary N) is 1.